The molecule has 0 saturated carbocycles. The molecule has 0 spiro atoms. The predicted molar refractivity (Wildman–Crippen MR) is 101 cm³/mol. The van der Waals surface area contributed by atoms with Gasteiger partial charge in [-0.2, -0.15) is 13.2 Å². The summed E-state index contributed by atoms with van der Waals surface area (Å²) in [6, 6.07) is 9.35. The Bertz CT molecular complexity index is 1090. The monoisotopic (exact) mass is 488 g/mol. The molecule has 0 radical (unpaired) electrons. The molecule has 150 valence electrons. The van der Waals surface area contributed by atoms with Gasteiger partial charge in [0.15, 0.2) is 0 Å². The summed E-state index contributed by atoms with van der Waals surface area (Å²) in [5.74, 6) is -2.22. The van der Waals surface area contributed by atoms with Crippen molar-refractivity contribution >= 4 is 49.9 Å². The highest BCUT2D eigenvalue weighted by molar-refractivity contribution is 9.10. The van der Waals surface area contributed by atoms with Crippen molar-refractivity contribution in [3.05, 3.63) is 68.9 Å². The number of amides is 2. The Morgan fingerprint density at radius 3 is 2.41 bits per heavy atom. The number of benzene rings is 2. The molecule has 29 heavy (non-hydrogen) atoms. The first-order valence-electron chi connectivity index (χ1n) is 7.72. The third-order valence-corrected chi connectivity index (χ3v) is 4.83. The van der Waals surface area contributed by atoms with Crippen LogP contribution in [0.25, 0.3) is 0 Å². The molecule has 0 bridgehead atoms. The van der Waals surface area contributed by atoms with Gasteiger partial charge in [0.25, 0.3) is 11.8 Å². The second kappa shape index (κ2) is 8.25. The standard InChI is InChI=1S/C17H9BrF4N4O2S/c18-9-3-1-2-8(6-9)13(27)23-12-7-10(19)4-5-11(12)14(28)24-16-26-25-15(29-16)17(20,21)22/h1-7H,(H,23,27)(H,24,26,28). The van der Waals surface area contributed by atoms with Crippen LogP contribution in [-0.2, 0) is 6.18 Å². The van der Waals surface area contributed by atoms with Gasteiger partial charge in [0.1, 0.15) is 5.82 Å². The van der Waals surface area contributed by atoms with Crippen molar-refractivity contribution in [2.24, 2.45) is 0 Å². The quantitative estimate of drug-likeness (QED) is 0.508. The predicted octanol–water partition coefficient (Wildman–Crippen LogP) is 4.96. The second-order valence-corrected chi connectivity index (χ2v) is 7.41. The van der Waals surface area contributed by atoms with Gasteiger partial charge in [-0.25, -0.2) is 4.39 Å². The molecule has 0 saturated heterocycles. The number of hydrogen-bond acceptors (Lipinski definition) is 5. The summed E-state index contributed by atoms with van der Waals surface area (Å²) >= 11 is 3.36. The molecule has 0 aliphatic rings. The van der Waals surface area contributed by atoms with Crippen molar-refractivity contribution < 1.29 is 27.2 Å². The zero-order valence-corrected chi connectivity index (χ0v) is 16.5. The first kappa shape index (κ1) is 20.9. The first-order valence-corrected chi connectivity index (χ1v) is 9.33. The van der Waals surface area contributed by atoms with Gasteiger partial charge in [-0.3, -0.25) is 14.9 Å². The van der Waals surface area contributed by atoms with Crippen molar-refractivity contribution in [1.29, 1.82) is 0 Å². The summed E-state index contributed by atoms with van der Waals surface area (Å²) in [6.45, 7) is 0. The molecule has 1 aromatic heterocycles. The number of rotatable bonds is 4. The van der Waals surface area contributed by atoms with Crippen LogP contribution < -0.4 is 10.6 Å². The van der Waals surface area contributed by atoms with Gasteiger partial charge in [-0.15, -0.1) is 10.2 Å². The Labute approximate surface area is 173 Å². The van der Waals surface area contributed by atoms with E-state index in [-0.39, 0.29) is 28.2 Å². The fraction of sp³-hybridized carbons (Fsp3) is 0.0588. The lowest BCUT2D eigenvalue weighted by molar-refractivity contribution is -0.138. The maximum atomic E-state index is 13.7. The van der Waals surface area contributed by atoms with Crippen LogP contribution in [0.15, 0.2) is 46.9 Å². The number of carbonyl (C=O) groups excluding carboxylic acids is 2. The van der Waals surface area contributed by atoms with Crippen molar-refractivity contribution in [3.63, 3.8) is 0 Å². The first-order chi connectivity index (χ1) is 13.6. The van der Waals surface area contributed by atoms with E-state index in [4.69, 9.17) is 0 Å². The summed E-state index contributed by atoms with van der Waals surface area (Å²) in [6.07, 6.45) is -4.69. The van der Waals surface area contributed by atoms with Crippen molar-refractivity contribution in [2.45, 2.75) is 6.18 Å². The molecule has 0 aliphatic carbocycles. The van der Waals surface area contributed by atoms with Gasteiger partial charge in [-0.05, 0) is 36.4 Å². The molecule has 0 unspecified atom stereocenters. The molecule has 0 atom stereocenters. The minimum absolute atomic E-state index is 0.138. The minimum atomic E-state index is -4.69. The highest BCUT2D eigenvalue weighted by atomic mass is 79.9. The third-order valence-electron chi connectivity index (χ3n) is 3.45. The average Bonchev–Trinajstić information content (AvgIpc) is 3.10. The van der Waals surface area contributed by atoms with Gasteiger partial charge in [-0.1, -0.05) is 33.3 Å². The van der Waals surface area contributed by atoms with Gasteiger partial charge < -0.3 is 5.32 Å². The number of halogens is 5. The minimum Gasteiger partial charge on any atom is -0.321 e. The SMILES string of the molecule is O=C(Nc1cc(F)ccc1C(=O)Nc1nnc(C(F)(F)F)s1)c1cccc(Br)c1. The number of nitrogens with zero attached hydrogens (tertiary/aromatic N) is 2. The Morgan fingerprint density at radius 2 is 1.76 bits per heavy atom. The molecule has 2 N–H and O–H groups in total. The molecule has 0 fully saturated rings. The molecular weight excluding hydrogens is 480 g/mol. The van der Waals surface area contributed by atoms with E-state index in [1.807, 2.05) is 0 Å². The average molecular weight is 489 g/mol. The summed E-state index contributed by atoms with van der Waals surface area (Å²) in [5, 5.41) is 9.18. The Hall–Kier alpha value is -2.86. The maximum absolute atomic E-state index is 13.7. The van der Waals surface area contributed by atoms with Crippen LogP contribution in [0.5, 0.6) is 0 Å². The maximum Gasteiger partial charge on any atom is 0.445 e. The molecular formula is C17H9BrF4N4O2S. The Balaban J connectivity index is 1.83. The van der Waals surface area contributed by atoms with E-state index < -0.39 is 33.9 Å². The van der Waals surface area contributed by atoms with Crippen molar-refractivity contribution in [1.82, 2.24) is 10.2 Å². The zero-order chi connectivity index (χ0) is 21.2. The molecule has 6 nitrogen and oxygen atoms in total. The Kier molecular flexibility index (Phi) is 5.94. The van der Waals surface area contributed by atoms with E-state index in [1.165, 1.54) is 12.1 Å². The van der Waals surface area contributed by atoms with Gasteiger partial charge in [0.2, 0.25) is 10.1 Å². The molecule has 3 aromatic rings. The van der Waals surface area contributed by atoms with E-state index in [2.05, 4.69) is 36.8 Å². The molecule has 0 aliphatic heterocycles. The van der Waals surface area contributed by atoms with Gasteiger partial charge >= 0.3 is 6.18 Å². The smallest absolute Gasteiger partial charge is 0.321 e. The number of carbonyl (C=O) groups is 2. The van der Waals surface area contributed by atoms with E-state index in [9.17, 15) is 27.2 Å². The largest absolute Gasteiger partial charge is 0.445 e. The molecule has 1 heterocycles. The van der Waals surface area contributed by atoms with E-state index >= 15 is 0 Å². The van der Waals surface area contributed by atoms with Crippen molar-refractivity contribution in [3.8, 4) is 0 Å². The van der Waals surface area contributed by atoms with Gasteiger partial charge in [0.05, 0.1) is 11.3 Å². The van der Waals surface area contributed by atoms with Crippen LogP contribution in [0, 0.1) is 5.82 Å². The number of hydrogen-bond donors (Lipinski definition) is 2. The van der Waals surface area contributed by atoms with E-state index in [0.29, 0.717) is 4.47 Å². The lowest BCUT2D eigenvalue weighted by Gasteiger charge is -2.11. The molecule has 3 rings (SSSR count). The van der Waals surface area contributed by atoms with Crippen LogP contribution in [0.3, 0.4) is 0 Å². The van der Waals surface area contributed by atoms with Crippen LogP contribution in [0.1, 0.15) is 25.7 Å². The molecule has 12 heteroatoms. The summed E-state index contributed by atoms with van der Waals surface area (Å²) in [7, 11) is 0. The fourth-order valence-electron chi connectivity index (χ4n) is 2.19. The van der Waals surface area contributed by atoms with Crippen molar-refractivity contribution in [2.75, 3.05) is 10.6 Å². The summed E-state index contributed by atoms with van der Waals surface area (Å²) in [5.41, 5.74) is -0.0829. The summed E-state index contributed by atoms with van der Waals surface area (Å²) in [4.78, 5) is 24.8. The lowest BCUT2D eigenvalue weighted by Crippen LogP contribution is -2.18. The normalized spacial score (nSPS) is 11.2. The van der Waals surface area contributed by atoms with Gasteiger partial charge in [0, 0.05) is 10.0 Å². The fourth-order valence-corrected chi connectivity index (χ4v) is 3.20. The molecule has 2 amide bonds. The second-order valence-electron chi connectivity index (χ2n) is 5.52. The Morgan fingerprint density at radius 1 is 1.00 bits per heavy atom. The molecule has 2 aromatic carbocycles. The van der Waals surface area contributed by atoms with Crippen LogP contribution in [0.2, 0.25) is 0 Å². The number of anilines is 2. The zero-order valence-electron chi connectivity index (χ0n) is 14.1. The highest BCUT2D eigenvalue weighted by Crippen LogP contribution is 2.33. The summed E-state index contributed by atoms with van der Waals surface area (Å²) < 4.78 is 52.1. The van der Waals surface area contributed by atoms with E-state index in [0.717, 1.165) is 18.2 Å². The number of aromatic nitrogens is 2. The highest BCUT2D eigenvalue weighted by Gasteiger charge is 2.36. The third kappa shape index (κ3) is 5.15. The van der Waals surface area contributed by atoms with Crippen LogP contribution in [-0.4, -0.2) is 22.0 Å². The lowest BCUT2D eigenvalue weighted by atomic mass is 10.1. The van der Waals surface area contributed by atoms with Crippen LogP contribution >= 0.6 is 27.3 Å². The van der Waals surface area contributed by atoms with Crippen LogP contribution in [0.4, 0.5) is 28.4 Å². The number of nitrogens with one attached hydrogen (secondary N) is 2. The topological polar surface area (TPSA) is 84.0 Å². The van der Waals surface area contributed by atoms with E-state index in [1.54, 1.807) is 12.1 Å². The number of alkyl halides is 3.